The minimum absolute atomic E-state index is 0.0304. The molecule has 5 heteroatoms. The van der Waals surface area contributed by atoms with Crippen LogP contribution in [0.15, 0.2) is 18.2 Å². The van der Waals surface area contributed by atoms with E-state index in [2.05, 4.69) is 66.0 Å². The molecular formula is C22H39NO3Si. The molecule has 1 amide bonds. The zero-order valence-corrected chi connectivity index (χ0v) is 20.2. The lowest BCUT2D eigenvalue weighted by atomic mass is 9.86. The Kier molecular flexibility index (Phi) is 6.99. The summed E-state index contributed by atoms with van der Waals surface area (Å²) < 4.78 is 11.8. The smallest absolute Gasteiger partial charge is 0.412 e. The van der Waals surface area contributed by atoms with Crippen molar-refractivity contribution in [2.45, 2.75) is 98.1 Å². The molecule has 0 radical (unpaired) electrons. The van der Waals surface area contributed by atoms with E-state index in [1.807, 2.05) is 32.9 Å². The van der Waals surface area contributed by atoms with Gasteiger partial charge in [-0.25, -0.2) is 4.79 Å². The van der Waals surface area contributed by atoms with Crippen LogP contribution in [0.1, 0.15) is 73.4 Å². The molecule has 0 atom stereocenters. The molecule has 0 bridgehead atoms. The zero-order valence-electron chi connectivity index (χ0n) is 19.2. The fourth-order valence-electron chi connectivity index (χ4n) is 2.18. The quantitative estimate of drug-likeness (QED) is 0.569. The Hall–Kier alpha value is -1.33. The first-order chi connectivity index (χ1) is 11.9. The van der Waals surface area contributed by atoms with Gasteiger partial charge in [-0.1, -0.05) is 47.6 Å². The molecule has 1 aromatic carbocycles. The number of anilines is 1. The van der Waals surface area contributed by atoms with E-state index in [0.29, 0.717) is 6.61 Å². The fraction of sp³-hybridized carbons (Fsp3) is 0.682. The van der Waals surface area contributed by atoms with Crippen molar-refractivity contribution in [1.82, 2.24) is 0 Å². The lowest BCUT2D eigenvalue weighted by Gasteiger charge is -2.36. The summed E-state index contributed by atoms with van der Waals surface area (Å²) >= 11 is 0. The molecule has 154 valence electrons. The van der Waals surface area contributed by atoms with Crippen LogP contribution in [0.4, 0.5) is 10.5 Å². The molecule has 4 nitrogen and oxygen atoms in total. The maximum Gasteiger partial charge on any atom is 0.412 e. The van der Waals surface area contributed by atoms with Crippen LogP contribution in [0, 0.1) is 0 Å². The molecule has 1 N–H and O–H groups in total. The number of benzene rings is 1. The lowest BCUT2D eigenvalue weighted by Crippen LogP contribution is -2.40. The summed E-state index contributed by atoms with van der Waals surface area (Å²) in [4.78, 5) is 12.2. The minimum atomic E-state index is -1.84. The van der Waals surface area contributed by atoms with Crippen LogP contribution in [0.25, 0.3) is 0 Å². The van der Waals surface area contributed by atoms with Gasteiger partial charge in [-0.3, -0.25) is 5.32 Å². The Bertz CT molecular complexity index is 662. The molecule has 0 aromatic heterocycles. The average Bonchev–Trinajstić information content (AvgIpc) is 2.40. The molecular weight excluding hydrogens is 354 g/mol. The zero-order chi connectivity index (χ0) is 21.3. The summed E-state index contributed by atoms with van der Waals surface area (Å²) in [6.07, 6.45) is -0.440. The summed E-state index contributed by atoms with van der Waals surface area (Å²) in [5, 5.41) is 3.03. The van der Waals surface area contributed by atoms with Gasteiger partial charge in [0.05, 0.1) is 6.61 Å². The fourth-order valence-corrected chi connectivity index (χ4v) is 3.14. The summed E-state index contributed by atoms with van der Waals surface area (Å²) in [6, 6.07) is 6.17. The van der Waals surface area contributed by atoms with E-state index < -0.39 is 20.0 Å². The van der Waals surface area contributed by atoms with Crippen molar-refractivity contribution in [3.63, 3.8) is 0 Å². The maximum atomic E-state index is 12.2. The van der Waals surface area contributed by atoms with Crippen LogP contribution >= 0.6 is 0 Å². The first-order valence-corrected chi connectivity index (χ1v) is 12.6. The van der Waals surface area contributed by atoms with Gasteiger partial charge >= 0.3 is 6.09 Å². The van der Waals surface area contributed by atoms with Crippen molar-refractivity contribution in [2.75, 3.05) is 5.32 Å². The molecule has 0 saturated heterocycles. The van der Waals surface area contributed by atoms with Crippen molar-refractivity contribution in [2.24, 2.45) is 0 Å². The second-order valence-corrected chi connectivity index (χ2v) is 15.7. The third kappa shape index (κ3) is 7.66. The topological polar surface area (TPSA) is 47.6 Å². The second kappa shape index (κ2) is 7.96. The van der Waals surface area contributed by atoms with Gasteiger partial charge < -0.3 is 9.16 Å². The van der Waals surface area contributed by atoms with Crippen LogP contribution in [0.2, 0.25) is 18.1 Å². The maximum absolute atomic E-state index is 12.2. The summed E-state index contributed by atoms with van der Waals surface area (Å²) in [7, 11) is -1.84. The summed E-state index contributed by atoms with van der Waals surface area (Å²) in [6.45, 7) is 23.8. The SMILES string of the molecule is CC(C)(C)OC(=O)Nc1cc(CO[Si](C)(C)C(C)(C)C)cc(C(C)(C)C)c1. The number of rotatable bonds is 4. The Balaban J connectivity index is 3.09. The van der Waals surface area contributed by atoms with Crippen molar-refractivity contribution in [1.29, 1.82) is 0 Å². The Labute approximate surface area is 167 Å². The van der Waals surface area contributed by atoms with Crippen LogP contribution in [-0.2, 0) is 21.2 Å². The van der Waals surface area contributed by atoms with Crippen molar-refractivity contribution in [3.8, 4) is 0 Å². The minimum Gasteiger partial charge on any atom is -0.444 e. The van der Waals surface area contributed by atoms with E-state index >= 15 is 0 Å². The molecule has 0 fully saturated rings. The molecule has 0 unspecified atom stereocenters. The first-order valence-electron chi connectivity index (χ1n) is 9.69. The summed E-state index contributed by atoms with van der Waals surface area (Å²) in [5.74, 6) is 0. The number of ether oxygens (including phenoxy) is 1. The number of hydrogen-bond donors (Lipinski definition) is 1. The van der Waals surface area contributed by atoms with E-state index in [-0.39, 0.29) is 10.5 Å². The highest BCUT2D eigenvalue weighted by atomic mass is 28.4. The number of carbonyl (C=O) groups is 1. The van der Waals surface area contributed by atoms with Crippen LogP contribution in [-0.4, -0.2) is 20.0 Å². The molecule has 27 heavy (non-hydrogen) atoms. The number of amides is 1. The van der Waals surface area contributed by atoms with Crippen LogP contribution < -0.4 is 5.32 Å². The molecule has 1 rings (SSSR count). The predicted molar refractivity (Wildman–Crippen MR) is 117 cm³/mol. The normalized spacial score (nSPS) is 13.4. The number of hydrogen-bond acceptors (Lipinski definition) is 3. The Morgan fingerprint density at radius 1 is 0.963 bits per heavy atom. The van der Waals surface area contributed by atoms with Crippen molar-refractivity contribution < 1.29 is 14.0 Å². The third-order valence-electron chi connectivity index (χ3n) is 4.91. The standard InChI is InChI=1S/C22H39NO3Si/c1-20(2,3)17-12-16(15-25-27(10,11)22(7,8)9)13-18(14-17)23-19(24)26-21(4,5)6/h12-14H,15H2,1-11H3,(H,23,24). The van der Waals surface area contributed by atoms with Gasteiger partial charge in [0.25, 0.3) is 0 Å². The van der Waals surface area contributed by atoms with Gasteiger partial charge in [-0.2, -0.15) is 0 Å². The highest BCUT2D eigenvalue weighted by Gasteiger charge is 2.37. The largest absolute Gasteiger partial charge is 0.444 e. The number of nitrogens with one attached hydrogen (secondary N) is 1. The third-order valence-corrected chi connectivity index (χ3v) is 9.39. The highest BCUT2D eigenvalue weighted by Crippen LogP contribution is 2.37. The Morgan fingerprint density at radius 3 is 1.96 bits per heavy atom. The van der Waals surface area contributed by atoms with Crippen LogP contribution in [0.3, 0.4) is 0 Å². The van der Waals surface area contributed by atoms with Gasteiger partial charge in [-0.05, 0) is 67.6 Å². The van der Waals surface area contributed by atoms with Gasteiger partial charge in [0.1, 0.15) is 5.60 Å². The van der Waals surface area contributed by atoms with Gasteiger partial charge in [0, 0.05) is 5.69 Å². The van der Waals surface area contributed by atoms with E-state index in [0.717, 1.165) is 16.8 Å². The average molecular weight is 394 g/mol. The molecule has 0 aliphatic rings. The molecule has 0 aliphatic heterocycles. The van der Waals surface area contributed by atoms with Crippen molar-refractivity contribution in [3.05, 3.63) is 29.3 Å². The molecule has 0 saturated carbocycles. The monoisotopic (exact) mass is 393 g/mol. The predicted octanol–water partition coefficient (Wildman–Crippen LogP) is 6.85. The molecule has 0 heterocycles. The van der Waals surface area contributed by atoms with Crippen molar-refractivity contribution >= 4 is 20.1 Å². The second-order valence-electron chi connectivity index (χ2n) is 10.8. The van der Waals surface area contributed by atoms with E-state index in [1.54, 1.807) is 0 Å². The Morgan fingerprint density at radius 2 is 1.52 bits per heavy atom. The lowest BCUT2D eigenvalue weighted by molar-refractivity contribution is 0.0636. The molecule has 0 aliphatic carbocycles. The van der Waals surface area contributed by atoms with E-state index in [9.17, 15) is 4.79 Å². The van der Waals surface area contributed by atoms with Gasteiger partial charge in [0.15, 0.2) is 8.32 Å². The highest BCUT2D eigenvalue weighted by molar-refractivity contribution is 6.74. The van der Waals surface area contributed by atoms with Gasteiger partial charge in [0.2, 0.25) is 0 Å². The molecule has 1 aromatic rings. The van der Waals surface area contributed by atoms with E-state index in [1.165, 1.54) is 0 Å². The summed E-state index contributed by atoms with van der Waals surface area (Å²) in [5.41, 5.74) is 2.41. The van der Waals surface area contributed by atoms with Crippen LogP contribution in [0.5, 0.6) is 0 Å². The first kappa shape index (κ1) is 23.7. The number of carbonyl (C=O) groups excluding carboxylic acids is 1. The molecule has 0 spiro atoms. The van der Waals surface area contributed by atoms with E-state index in [4.69, 9.17) is 9.16 Å². The van der Waals surface area contributed by atoms with Gasteiger partial charge in [-0.15, -0.1) is 0 Å².